The molecule has 2 atom stereocenters. The molecule has 1 saturated carbocycles. The van der Waals surface area contributed by atoms with Crippen molar-refractivity contribution in [2.45, 2.75) is 44.1 Å². The molecule has 0 amide bonds. The Labute approximate surface area is 120 Å². The Morgan fingerprint density at radius 2 is 1.86 bits per heavy atom. The summed E-state index contributed by atoms with van der Waals surface area (Å²) in [4.78, 5) is 4.26. The lowest BCUT2D eigenvalue weighted by molar-refractivity contribution is 0.0908. The van der Waals surface area contributed by atoms with Gasteiger partial charge in [-0.2, -0.15) is 4.98 Å². The average molecular weight is 294 g/mol. The summed E-state index contributed by atoms with van der Waals surface area (Å²) in [7, 11) is 0. The second-order valence-electron chi connectivity index (χ2n) is 5.46. The fourth-order valence-corrected chi connectivity index (χ4v) is 2.78. The van der Waals surface area contributed by atoms with Crippen molar-refractivity contribution in [3.05, 3.63) is 47.1 Å². The smallest absolute Gasteiger partial charge is 0.232 e. The summed E-state index contributed by atoms with van der Waals surface area (Å²) in [5.74, 6) is -0.612. The molecular formula is C15H16F2N2O2. The van der Waals surface area contributed by atoms with Crippen molar-refractivity contribution in [1.82, 2.24) is 10.1 Å². The second-order valence-corrected chi connectivity index (χ2v) is 5.46. The van der Waals surface area contributed by atoms with Gasteiger partial charge in [-0.05, 0) is 30.5 Å². The van der Waals surface area contributed by atoms with Crippen molar-refractivity contribution in [3.63, 3.8) is 0 Å². The van der Waals surface area contributed by atoms with Crippen molar-refractivity contribution in [3.8, 4) is 0 Å². The molecule has 3 rings (SSSR count). The molecule has 0 aliphatic heterocycles. The van der Waals surface area contributed by atoms with Gasteiger partial charge in [-0.3, -0.25) is 0 Å². The maximum atomic E-state index is 13.1. The quantitative estimate of drug-likeness (QED) is 0.945. The number of aromatic nitrogens is 2. The van der Waals surface area contributed by atoms with Gasteiger partial charge >= 0.3 is 0 Å². The molecule has 0 saturated heterocycles. The predicted molar refractivity (Wildman–Crippen MR) is 70.7 cm³/mol. The number of aliphatic hydroxyl groups excluding tert-OH is 1. The van der Waals surface area contributed by atoms with Gasteiger partial charge in [0.05, 0.1) is 12.0 Å². The number of hydrogen-bond acceptors (Lipinski definition) is 4. The molecule has 2 aromatic rings. The zero-order valence-corrected chi connectivity index (χ0v) is 11.4. The first-order valence-corrected chi connectivity index (χ1v) is 7.07. The van der Waals surface area contributed by atoms with E-state index >= 15 is 0 Å². The largest absolute Gasteiger partial charge is 0.392 e. The summed E-state index contributed by atoms with van der Waals surface area (Å²) in [6, 6.07) is 3.31. The highest BCUT2D eigenvalue weighted by Gasteiger charge is 2.29. The first-order valence-electron chi connectivity index (χ1n) is 7.07. The van der Waals surface area contributed by atoms with Crippen molar-refractivity contribution in [1.29, 1.82) is 0 Å². The van der Waals surface area contributed by atoms with Crippen LogP contribution < -0.4 is 0 Å². The molecule has 4 nitrogen and oxygen atoms in total. The Balaban J connectivity index is 1.75. The SMILES string of the molecule is OC1CCCCC1c1nc(Cc2cc(F)cc(F)c2)no1. The maximum absolute atomic E-state index is 13.1. The minimum atomic E-state index is -0.628. The van der Waals surface area contributed by atoms with Crippen molar-refractivity contribution < 1.29 is 18.4 Å². The second kappa shape index (κ2) is 5.89. The van der Waals surface area contributed by atoms with Gasteiger partial charge in [-0.1, -0.05) is 18.0 Å². The van der Waals surface area contributed by atoms with E-state index in [4.69, 9.17) is 4.52 Å². The van der Waals surface area contributed by atoms with Crippen molar-refractivity contribution >= 4 is 0 Å². The minimum absolute atomic E-state index is 0.135. The highest BCUT2D eigenvalue weighted by molar-refractivity contribution is 5.21. The molecule has 21 heavy (non-hydrogen) atoms. The third kappa shape index (κ3) is 3.26. The van der Waals surface area contributed by atoms with Gasteiger partial charge in [0.15, 0.2) is 5.82 Å². The molecule has 1 aromatic carbocycles. The number of rotatable bonds is 3. The zero-order valence-electron chi connectivity index (χ0n) is 11.4. The van der Waals surface area contributed by atoms with Crippen LogP contribution in [0.2, 0.25) is 0 Å². The summed E-state index contributed by atoms with van der Waals surface area (Å²) in [6.07, 6.45) is 3.31. The number of nitrogens with zero attached hydrogens (tertiary/aromatic N) is 2. The topological polar surface area (TPSA) is 59.2 Å². The Morgan fingerprint density at radius 3 is 2.57 bits per heavy atom. The van der Waals surface area contributed by atoms with Gasteiger partial charge in [-0.25, -0.2) is 8.78 Å². The lowest BCUT2D eigenvalue weighted by Gasteiger charge is -2.24. The first kappa shape index (κ1) is 14.1. The van der Waals surface area contributed by atoms with E-state index in [9.17, 15) is 13.9 Å². The lowest BCUT2D eigenvalue weighted by Crippen LogP contribution is -2.22. The fourth-order valence-electron chi connectivity index (χ4n) is 2.78. The molecule has 1 aromatic heterocycles. The highest BCUT2D eigenvalue weighted by atomic mass is 19.1. The summed E-state index contributed by atoms with van der Waals surface area (Å²) in [5.41, 5.74) is 0.448. The summed E-state index contributed by atoms with van der Waals surface area (Å²) < 4.78 is 31.5. The van der Waals surface area contributed by atoms with Crippen LogP contribution in [0.4, 0.5) is 8.78 Å². The summed E-state index contributed by atoms with van der Waals surface area (Å²) in [5, 5.41) is 13.8. The van der Waals surface area contributed by atoms with Gasteiger partial charge in [0, 0.05) is 12.5 Å². The molecule has 1 N–H and O–H groups in total. The molecule has 0 bridgehead atoms. The minimum Gasteiger partial charge on any atom is -0.392 e. The standard InChI is InChI=1S/C15H16F2N2O2/c16-10-5-9(6-11(17)8-10)7-14-18-15(21-19-14)12-3-1-2-4-13(12)20/h5-6,8,12-13,20H,1-4,7H2. The molecule has 112 valence electrons. The van der Waals surface area contributed by atoms with E-state index in [1.165, 1.54) is 12.1 Å². The van der Waals surface area contributed by atoms with Crippen molar-refractivity contribution in [2.24, 2.45) is 0 Å². The molecule has 0 spiro atoms. The van der Waals surface area contributed by atoms with Crippen LogP contribution in [0.5, 0.6) is 0 Å². The average Bonchev–Trinajstić information content (AvgIpc) is 2.86. The van der Waals surface area contributed by atoms with Crippen LogP contribution in [0.1, 0.15) is 48.9 Å². The van der Waals surface area contributed by atoms with Crippen LogP contribution in [0, 0.1) is 11.6 Å². The fraction of sp³-hybridized carbons (Fsp3) is 0.467. The highest BCUT2D eigenvalue weighted by Crippen LogP contribution is 2.32. The van der Waals surface area contributed by atoms with Crippen molar-refractivity contribution in [2.75, 3.05) is 0 Å². The van der Waals surface area contributed by atoms with E-state index in [1.807, 2.05) is 0 Å². The predicted octanol–water partition coefficient (Wildman–Crippen LogP) is 2.96. The van der Waals surface area contributed by atoms with E-state index in [0.717, 1.165) is 31.7 Å². The van der Waals surface area contributed by atoms with Gasteiger partial charge in [-0.15, -0.1) is 0 Å². The van der Waals surface area contributed by atoms with E-state index in [-0.39, 0.29) is 12.3 Å². The Kier molecular flexibility index (Phi) is 3.96. The maximum Gasteiger partial charge on any atom is 0.232 e. The zero-order chi connectivity index (χ0) is 14.8. The number of benzene rings is 1. The first-order chi connectivity index (χ1) is 10.1. The molecule has 0 radical (unpaired) electrons. The van der Waals surface area contributed by atoms with E-state index < -0.39 is 17.7 Å². The van der Waals surface area contributed by atoms with E-state index in [0.29, 0.717) is 17.3 Å². The molecule has 1 heterocycles. The lowest BCUT2D eigenvalue weighted by atomic mass is 9.86. The Bertz CT molecular complexity index is 610. The summed E-state index contributed by atoms with van der Waals surface area (Å²) in [6.45, 7) is 0. The number of halogens is 2. The van der Waals surface area contributed by atoms with E-state index in [1.54, 1.807) is 0 Å². The molecule has 1 aliphatic rings. The normalized spacial score (nSPS) is 22.4. The molecule has 2 unspecified atom stereocenters. The molecule has 6 heteroatoms. The van der Waals surface area contributed by atoms with Crippen LogP contribution in [-0.4, -0.2) is 21.4 Å². The number of hydrogen-bond donors (Lipinski definition) is 1. The summed E-state index contributed by atoms with van der Waals surface area (Å²) >= 11 is 0. The van der Waals surface area contributed by atoms with E-state index in [2.05, 4.69) is 10.1 Å². The molecular weight excluding hydrogens is 278 g/mol. The third-order valence-electron chi connectivity index (χ3n) is 3.82. The van der Waals surface area contributed by atoms with Gasteiger partial charge < -0.3 is 9.63 Å². The van der Waals surface area contributed by atoms with Crippen LogP contribution in [0.25, 0.3) is 0 Å². The third-order valence-corrected chi connectivity index (χ3v) is 3.82. The monoisotopic (exact) mass is 294 g/mol. The van der Waals surface area contributed by atoms with Gasteiger partial charge in [0.25, 0.3) is 0 Å². The van der Waals surface area contributed by atoms with Crippen LogP contribution >= 0.6 is 0 Å². The molecule has 1 fully saturated rings. The molecule has 1 aliphatic carbocycles. The number of aliphatic hydroxyl groups is 1. The van der Waals surface area contributed by atoms with Crippen LogP contribution in [0.15, 0.2) is 22.7 Å². The van der Waals surface area contributed by atoms with Crippen LogP contribution in [-0.2, 0) is 6.42 Å². The van der Waals surface area contributed by atoms with Gasteiger partial charge in [0.2, 0.25) is 5.89 Å². The Hall–Kier alpha value is -1.82. The van der Waals surface area contributed by atoms with Gasteiger partial charge in [0.1, 0.15) is 11.6 Å². The van der Waals surface area contributed by atoms with Crippen LogP contribution in [0.3, 0.4) is 0 Å². The Morgan fingerprint density at radius 1 is 1.14 bits per heavy atom.